The van der Waals surface area contributed by atoms with Crippen LogP contribution in [0.1, 0.15) is 36.7 Å². The Balaban J connectivity index is 1.31. The normalized spacial score (nSPS) is 14.3. The van der Waals surface area contributed by atoms with Gasteiger partial charge in [0.2, 0.25) is 0 Å². The van der Waals surface area contributed by atoms with E-state index in [1.165, 1.54) is 35.2 Å². The van der Waals surface area contributed by atoms with Crippen molar-refractivity contribution >= 4 is 28.3 Å². The summed E-state index contributed by atoms with van der Waals surface area (Å²) in [4.78, 5) is 7.54. The predicted molar refractivity (Wildman–Crippen MR) is 141 cm³/mol. The lowest BCUT2D eigenvalue weighted by Gasteiger charge is -2.33. The van der Waals surface area contributed by atoms with Crippen LogP contribution < -0.4 is 9.64 Å². The Morgan fingerprint density at radius 2 is 1.85 bits per heavy atom. The summed E-state index contributed by atoms with van der Waals surface area (Å²) < 4.78 is 8.42. The highest BCUT2D eigenvalue weighted by Gasteiger charge is 2.19. The maximum Gasteiger partial charge on any atom is 0.148 e. The van der Waals surface area contributed by atoms with Gasteiger partial charge in [0.1, 0.15) is 18.2 Å². The second-order valence-corrected chi connectivity index (χ2v) is 9.87. The molecule has 0 saturated carbocycles. The zero-order valence-electron chi connectivity index (χ0n) is 20.0. The molecule has 4 nitrogen and oxygen atoms in total. The van der Waals surface area contributed by atoms with E-state index in [4.69, 9.17) is 21.3 Å². The first-order valence-electron chi connectivity index (χ1n) is 12.2. The molecule has 176 valence electrons. The highest BCUT2D eigenvalue weighted by Crippen LogP contribution is 2.28. The fourth-order valence-electron chi connectivity index (χ4n) is 4.99. The lowest BCUT2D eigenvalue weighted by atomic mass is 9.99. The van der Waals surface area contributed by atoms with E-state index >= 15 is 0 Å². The Morgan fingerprint density at radius 3 is 2.71 bits per heavy atom. The highest BCUT2D eigenvalue weighted by molar-refractivity contribution is 6.30. The average molecular weight is 474 g/mol. The number of imidazole rings is 1. The molecule has 1 aromatic heterocycles. The fourth-order valence-corrected chi connectivity index (χ4v) is 5.12. The van der Waals surface area contributed by atoms with Gasteiger partial charge in [-0.15, -0.1) is 0 Å². The molecule has 0 aliphatic carbocycles. The van der Waals surface area contributed by atoms with E-state index in [9.17, 15) is 0 Å². The van der Waals surface area contributed by atoms with Crippen molar-refractivity contribution in [2.45, 2.75) is 46.3 Å². The van der Waals surface area contributed by atoms with Crippen molar-refractivity contribution in [3.05, 3.63) is 88.7 Å². The third kappa shape index (κ3) is 4.92. The maximum absolute atomic E-state index is 6.07. The summed E-state index contributed by atoms with van der Waals surface area (Å²) in [6, 6.07) is 22.8. The minimum atomic E-state index is 0.434. The number of ether oxygens (including phenoxy) is 1. The maximum atomic E-state index is 6.07. The number of benzene rings is 3. The van der Waals surface area contributed by atoms with Gasteiger partial charge in [0.05, 0.1) is 11.0 Å². The third-order valence-corrected chi connectivity index (χ3v) is 7.08. The van der Waals surface area contributed by atoms with Crippen LogP contribution in [0.25, 0.3) is 11.0 Å². The molecule has 0 spiro atoms. The van der Waals surface area contributed by atoms with Crippen molar-refractivity contribution in [1.82, 2.24) is 9.55 Å². The van der Waals surface area contributed by atoms with Gasteiger partial charge < -0.3 is 14.2 Å². The lowest BCUT2D eigenvalue weighted by Crippen LogP contribution is -2.33. The summed E-state index contributed by atoms with van der Waals surface area (Å²) in [5.74, 6) is 2.34. The van der Waals surface area contributed by atoms with Gasteiger partial charge in [-0.2, -0.15) is 0 Å². The van der Waals surface area contributed by atoms with E-state index in [2.05, 4.69) is 65.8 Å². The molecule has 2 heterocycles. The van der Waals surface area contributed by atoms with Gasteiger partial charge in [-0.1, -0.05) is 48.9 Å². The number of para-hydroxylation sites is 2. The highest BCUT2D eigenvalue weighted by atomic mass is 35.5. The molecule has 5 heteroatoms. The minimum absolute atomic E-state index is 0.434. The molecule has 4 aromatic rings. The number of aryl methyl sites for hydroxylation is 3. The van der Waals surface area contributed by atoms with Gasteiger partial charge in [-0.25, -0.2) is 4.98 Å². The number of aromatic nitrogens is 2. The Labute approximate surface area is 207 Å². The van der Waals surface area contributed by atoms with Crippen LogP contribution in [-0.4, -0.2) is 22.6 Å². The zero-order valence-corrected chi connectivity index (χ0v) is 20.8. The van der Waals surface area contributed by atoms with E-state index in [0.29, 0.717) is 17.5 Å². The molecule has 5 rings (SSSR count). The Bertz CT molecular complexity index is 1260. The van der Waals surface area contributed by atoms with Gasteiger partial charge in [-0.05, 0) is 79.6 Å². The number of halogens is 1. The molecule has 0 saturated heterocycles. The molecule has 0 N–H and O–H groups in total. The number of fused-ring (bicyclic) bond motifs is 2. The molecule has 1 aliphatic rings. The number of hydrogen-bond acceptors (Lipinski definition) is 3. The first kappa shape index (κ1) is 22.8. The molecule has 1 atom stereocenters. The standard InChI is InChI=1S/C29H32ClN3O/c1-21(19-32-17-6-9-23-8-3-4-10-26(23)32)16-18-33-27-11-5-7-22(2)29(27)31-28(33)20-34-25-14-12-24(30)13-15-25/h3-5,7-8,10-15,21H,6,9,16-20H2,1-2H3. The molecule has 1 aliphatic heterocycles. The van der Waals surface area contributed by atoms with Crippen molar-refractivity contribution in [2.24, 2.45) is 5.92 Å². The minimum Gasteiger partial charge on any atom is -0.486 e. The monoisotopic (exact) mass is 473 g/mol. The van der Waals surface area contributed by atoms with Crippen molar-refractivity contribution in [1.29, 1.82) is 0 Å². The summed E-state index contributed by atoms with van der Waals surface area (Å²) in [5, 5.41) is 0.709. The topological polar surface area (TPSA) is 30.3 Å². The van der Waals surface area contributed by atoms with Crippen LogP contribution in [0.2, 0.25) is 5.02 Å². The van der Waals surface area contributed by atoms with Gasteiger partial charge in [0.15, 0.2) is 0 Å². The molecule has 1 unspecified atom stereocenters. The summed E-state index contributed by atoms with van der Waals surface area (Å²) >= 11 is 6.02. The largest absolute Gasteiger partial charge is 0.486 e. The van der Waals surface area contributed by atoms with Gasteiger partial charge in [-0.3, -0.25) is 0 Å². The smallest absolute Gasteiger partial charge is 0.148 e. The quantitative estimate of drug-likeness (QED) is 0.274. The number of hydrogen-bond donors (Lipinski definition) is 0. The van der Waals surface area contributed by atoms with Crippen LogP contribution in [0.5, 0.6) is 5.75 Å². The first-order valence-corrected chi connectivity index (χ1v) is 12.6. The van der Waals surface area contributed by atoms with E-state index < -0.39 is 0 Å². The predicted octanol–water partition coefficient (Wildman–Crippen LogP) is 7.06. The summed E-state index contributed by atoms with van der Waals surface area (Å²) in [5.41, 5.74) is 6.35. The molecular weight excluding hydrogens is 442 g/mol. The Kier molecular flexibility index (Phi) is 6.77. The second-order valence-electron chi connectivity index (χ2n) is 9.44. The van der Waals surface area contributed by atoms with Crippen LogP contribution in [0.3, 0.4) is 0 Å². The van der Waals surface area contributed by atoms with Gasteiger partial charge in [0.25, 0.3) is 0 Å². The summed E-state index contributed by atoms with van der Waals surface area (Å²) in [7, 11) is 0. The van der Waals surface area contributed by atoms with E-state index in [0.717, 1.165) is 43.1 Å². The van der Waals surface area contributed by atoms with Crippen molar-refractivity contribution < 1.29 is 4.74 Å². The summed E-state index contributed by atoms with van der Waals surface area (Å²) in [6.07, 6.45) is 3.52. The molecule has 0 bridgehead atoms. The number of nitrogens with zero attached hydrogens (tertiary/aromatic N) is 3. The first-order chi connectivity index (χ1) is 16.6. The Hall–Kier alpha value is -2.98. The molecular formula is C29H32ClN3O. The van der Waals surface area contributed by atoms with Crippen LogP contribution in [0, 0.1) is 12.8 Å². The van der Waals surface area contributed by atoms with Crippen molar-refractivity contribution in [3.63, 3.8) is 0 Å². The zero-order chi connectivity index (χ0) is 23.5. The van der Waals surface area contributed by atoms with Crippen LogP contribution in [0.15, 0.2) is 66.7 Å². The van der Waals surface area contributed by atoms with E-state index in [1.54, 1.807) is 0 Å². The summed E-state index contributed by atoms with van der Waals surface area (Å²) in [6.45, 7) is 8.08. The molecule has 3 aromatic carbocycles. The third-order valence-electron chi connectivity index (χ3n) is 6.83. The molecule has 0 amide bonds. The SMILES string of the molecule is Cc1cccc2c1nc(COc1ccc(Cl)cc1)n2CCC(C)CN1CCCc2ccccc21. The molecule has 0 radical (unpaired) electrons. The number of rotatable bonds is 8. The van der Waals surface area contributed by atoms with E-state index in [-0.39, 0.29) is 0 Å². The van der Waals surface area contributed by atoms with Crippen molar-refractivity contribution in [3.8, 4) is 5.75 Å². The van der Waals surface area contributed by atoms with Crippen LogP contribution in [0.4, 0.5) is 5.69 Å². The molecule has 34 heavy (non-hydrogen) atoms. The van der Waals surface area contributed by atoms with Crippen LogP contribution in [-0.2, 0) is 19.6 Å². The Morgan fingerprint density at radius 1 is 1.03 bits per heavy atom. The molecule has 0 fully saturated rings. The van der Waals surface area contributed by atoms with Gasteiger partial charge in [0, 0.05) is 30.3 Å². The number of anilines is 1. The average Bonchev–Trinajstić information content (AvgIpc) is 3.21. The van der Waals surface area contributed by atoms with Crippen molar-refractivity contribution in [2.75, 3.05) is 18.0 Å². The van der Waals surface area contributed by atoms with Gasteiger partial charge >= 0.3 is 0 Å². The lowest BCUT2D eigenvalue weighted by molar-refractivity contribution is 0.288. The fraction of sp³-hybridized carbons (Fsp3) is 0.345. The van der Waals surface area contributed by atoms with E-state index in [1.807, 2.05) is 24.3 Å². The van der Waals surface area contributed by atoms with Crippen LogP contribution >= 0.6 is 11.6 Å². The second kappa shape index (κ2) is 10.1.